The van der Waals surface area contributed by atoms with Crippen molar-refractivity contribution in [1.82, 2.24) is 4.90 Å². The number of benzene rings is 1. The number of carbonyl (C=O) groups excluding carboxylic acids is 1. The number of carbonyl (C=O) groups is 1. The van der Waals surface area contributed by atoms with Gasteiger partial charge in [-0.15, -0.1) is 0 Å². The van der Waals surface area contributed by atoms with Gasteiger partial charge in [0.15, 0.2) is 5.78 Å². The first-order chi connectivity index (χ1) is 8.81. The molecule has 4 heteroatoms. The van der Waals surface area contributed by atoms with Gasteiger partial charge in [0.2, 0.25) is 0 Å². The minimum Gasteiger partial charge on any atom is -0.507 e. The Balaban J connectivity index is 2.33. The Morgan fingerprint density at radius 3 is 2.68 bits per heavy atom. The molecule has 0 aromatic heterocycles. The Labute approximate surface area is 119 Å². The Kier molecular flexibility index (Phi) is 3.88. The first kappa shape index (κ1) is 14.4. The molecule has 1 heterocycles. The van der Waals surface area contributed by atoms with E-state index >= 15 is 0 Å². The normalized spacial score (nSPS) is 18.7. The summed E-state index contributed by atoms with van der Waals surface area (Å²) in [7, 11) is 0. The lowest BCUT2D eigenvalue weighted by atomic mass is 10.0. The molecule has 1 aromatic carbocycles. The van der Waals surface area contributed by atoms with E-state index in [9.17, 15) is 9.90 Å². The molecule has 2 rings (SSSR count). The highest BCUT2D eigenvalue weighted by molar-refractivity contribution is 6.31. The minimum absolute atomic E-state index is 0.0691. The molecule has 0 spiro atoms. The number of phenols is 1. The molecule has 0 amide bonds. The summed E-state index contributed by atoms with van der Waals surface area (Å²) in [6.45, 7) is 7.48. The van der Waals surface area contributed by atoms with Gasteiger partial charge in [0, 0.05) is 22.7 Å². The quantitative estimate of drug-likeness (QED) is 0.860. The topological polar surface area (TPSA) is 40.5 Å². The minimum atomic E-state index is -0.165. The standard InChI is InChI=1S/C15H20ClNO2/c1-10(18)13-8-12(16)7-11(14(13)19)9-17-6-4-5-15(17,2)3/h7-8,19H,4-6,9H2,1-3H3. The van der Waals surface area contributed by atoms with Gasteiger partial charge in [-0.2, -0.15) is 0 Å². The van der Waals surface area contributed by atoms with Crippen LogP contribution in [0.3, 0.4) is 0 Å². The van der Waals surface area contributed by atoms with E-state index in [0.29, 0.717) is 17.1 Å². The van der Waals surface area contributed by atoms with Gasteiger partial charge in [0.1, 0.15) is 5.75 Å². The number of phenolic OH excluding ortho intramolecular Hbond substituents is 1. The van der Waals surface area contributed by atoms with Crippen LogP contribution in [0.15, 0.2) is 12.1 Å². The third kappa shape index (κ3) is 2.93. The van der Waals surface area contributed by atoms with E-state index in [1.807, 2.05) is 0 Å². The zero-order chi connectivity index (χ0) is 14.2. The van der Waals surface area contributed by atoms with Crippen molar-refractivity contribution in [3.8, 4) is 5.75 Å². The number of halogens is 1. The number of hydrogen-bond donors (Lipinski definition) is 1. The van der Waals surface area contributed by atoms with Crippen LogP contribution in [0.2, 0.25) is 5.02 Å². The van der Waals surface area contributed by atoms with E-state index in [-0.39, 0.29) is 17.1 Å². The summed E-state index contributed by atoms with van der Waals surface area (Å²) in [5.41, 5.74) is 1.16. The monoisotopic (exact) mass is 281 g/mol. The molecule has 0 atom stereocenters. The molecule has 1 aromatic rings. The van der Waals surface area contributed by atoms with E-state index in [4.69, 9.17) is 11.6 Å². The number of aromatic hydroxyl groups is 1. The van der Waals surface area contributed by atoms with E-state index in [2.05, 4.69) is 18.7 Å². The maximum Gasteiger partial charge on any atom is 0.163 e. The first-order valence-electron chi connectivity index (χ1n) is 6.58. The Morgan fingerprint density at radius 2 is 2.16 bits per heavy atom. The van der Waals surface area contributed by atoms with Gasteiger partial charge in [-0.1, -0.05) is 11.6 Å². The molecule has 19 heavy (non-hydrogen) atoms. The average molecular weight is 282 g/mol. The van der Waals surface area contributed by atoms with E-state index in [1.165, 1.54) is 13.0 Å². The van der Waals surface area contributed by atoms with Gasteiger partial charge in [-0.25, -0.2) is 0 Å². The lowest BCUT2D eigenvalue weighted by Gasteiger charge is -2.31. The van der Waals surface area contributed by atoms with Crippen molar-refractivity contribution >= 4 is 17.4 Å². The molecule has 104 valence electrons. The molecule has 1 aliphatic rings. The Morgan fingerprint density at radius 1 is 1.47 bits per heavy atom. The average Bonchev–Trinajstić information content (AvgIpc) is 2.62. The fourth-order valence-electron chi connectivity index (χ4n) is 2.71. The Hall–Kier alpha value is -1.06. The smallest absolute Gasteiger partial charge is 0.163 e. The number of Topliss-reactive ketones (excluding diaryl/α,β-unsaturated/α-hetero) is 1. The third-order valence-corrected chi connectivity index (χ3v) is 4.19. The van der Waals surface area contributed by atoms with Crippen LogP contribution in [0.1, 0.15) is 49.5 Å². The molecule has 0 aliphatic carbocycles. The third-order valence-electron chi connectivity index (χ3n) is 3.97. The number of nitrogens with zero attached hydrogens (tertiary/aromatic N) is 1. The predicted molar refractivity (Wildman–Crippen MR) is 76.8 cm³/mol. The van der Waals surface area contributed by atoms with Crippen LogP contribution in [0, 0.1) is 0 Å². The van der Waals surface area contributed by atoms with Gasteiger partial charge < -0.3 is 5.11 Å². The highest BCUT2D eigenvalue weighted by Crippen LogP contribution is 2.34. The van der Waals surface area contributed by atoms with Crippen molar-refractivity contribution in [3.05, 3.63) is 28.3 Å². The van der Waals surface area contributed by atoms with Crippen molar-refractivity contribution in [2.24, 2.45) is 0 Å². The van der Waals surface area contributed by atoms with Gasteiger partial charge in [0.25, 0.3) is 0 Å². The zero-order valence-electron chi connectivity index (χ0n) is 11.7. The highest BCUT2D eigenvalue weighted by Gasteiger charge is 2.32. The molecule has 1 saturated heterocycles. The van der Waals surface area contributed by atoms with Crippen molar-refractivity contribution in [2.75, 3.05) is 6.54 Å². The molecular formula is C15H20ClNO2. The second-order valence-electron chi connectivity index (χ2n) is 5.85. The van der Waals surface area contributed by atoms with Gasteiger partial charge >= 0.3 is 0 Å². The zero-order valence-corrected chi connectivity index (χ0v) is 12.4. The number of likely N-dealkylation sites (tertiary alicyclic amines) is 1. The summed E-state index contributed by atoms with van der Waals surface area (Å²) >= 11 is 6.04. The summed E-state index contributed by atoms with van der Waals surface area (Å²) in [6, 6.07) is 3.27. The van der Waals surface area contributed by atoms with Crippen LogP contribution in [-0.4, -0.2) is 27.9 Å². The van der Waals surface area contributed by atoms with Crippen LogP contribution >= 0.6 is 11.6 Å². The first-order valence-corrected chi connectivity index (χ1v) is 6.96. The molecule has 0 bridgehead atoms. The molecule has 1 N–H and O–H groups in total. The number of hydrogen-bond acceptors (Lipinski definition) is 3. The fourth-order valence-corrected chi connectivity index (χ4v) is 2.95. The summed E-state index contributed by atoms with van der Waals surface area (Å²) in [6.07, 6.45) is 2.31. The van der Waals surface area contributed by atoms with Crippen molar-refractivity contribution in [1.29, 1.82) is 0 Å². The van der Waals surface area contributed by atoms with E-state index < -0.39 is 0 Å². The summed E-state index contributed by atoms with van der Waals surface area (Å²) in [5, 5.41) is 10.7. The second-order valence-corrected chi connectivity index (χ2v) is 6.29. The van der Waals surface area contributed by atoms with Crippen molar-refractivity contribution in [2.45, 2.75) is 45.7 Å². The summed E-state index contributed by atoms with van der Waals surface area (Å²) < 4.78 is 0. The maximum atomic E-state index is 11.5. The molecule has 0 saturated carbocycles. The SMILES string of the molecule is CC(=O)c1cc(Cl)cc(CN2CCCC2(C)C)c1O. The summed E-state index contributed by atoms with van der Waals surface area (Å²) in [4.78, 5) is 13.8. The van der Waals surface area contributed by atoms with Crippen LogP contribution in [-0.2, 0) is 6.54 Å². The molecule has 1 aliphatic heterocycles. The van der Waals surface area contributed by atoms with Crippen LogP contribution in [0.4, 0.5) is 0 Å². The van der Waals surface area contributed by atoms with Crippen molar-refractivity contribution in [3.63, 3.8) is 0 Å². The van der Waals surface area contributed by atoms with Gasteiger partial charge in [-0.3, -0.25) is 9.69 Å². The molecule has 0 unspecified atom stereocenters. The van der Waals surface area contributed by atoms with Crippen LogP contribution < -0.4 is 0 Å². The molecular weight excluding hydrogens is 262 g/mol. The van der Waals surface area contributed by atoms with Crippen LogP contribution in [0.5, 0.6) is 5.75 Å². The van der Waals surface area contributed by atoms with Gasteiger partial charge in [-0.05, 0) is 52.3 Å². The van der Waals surface area contributed by atoms with Gasteiger partial charge in [0.05, 0.1) is 5.56 Å². The van der Waals surface area contributed by atoms with Crippen LogP contribution in [0.25, 0.3) is 0 Å². The van der Waals surface area contributed by atoms with Crippen molar-refractivity contribution < 1.29 is 9.90 Å². The summed E-state index contributed by atoms with van der Waals surface area (Å²) in [5.74, 6) is -0.0958. The second kappa shape index (κ2) is 5.14. The highest BCUT2D eigenvalue weighted by atomic mass is 35.5. The predicted octanol–water partition coefficient (Wildman–Crippen LogP) is 3.62. The maximum absolute atomic E-state index is 11.5. The fraction of sp³-hybridized carbons (Fsp3) is 0.533. The van der Waals surface area contributed by atoms with E-state index in [0.717, 1.165) is 24.9 Å². The number of ketones is 1. The lowest BCUT2D eigenvalue weighted by Crippen LogP contribution is -2.37. The molecule has 0 radical (unpaired) electrons. The molecule has 3 nitrogen and oxygen atoms in total. The largest absolute Gasteiger partial charge is 0.507 e. The van der Waals surface area contributed by atoms with E-state index in [1.54, 1.807) is 6.07 Å². The lowest BCUT2D eigenvalue weighted by molar-refractivity contribution is 0.101. The molecule has 1 fully saturated rings. The Bertz CT molecular complexity index is 511. The number of rotatable bonds is 3.